The molecule has 1 aromatic carbocycles. The number of carbonyl (C=O) groups excluding carboxylic acids is 2. The van der Waals surface area contributed by atoms with Crippen LogP contribution in [0.5, 0.6) is 0 Å². The van der Waals surface area contributed by atoms with Crippen molar-refractivity contribution >= 4 is 28.0 Å². The Morgan fingerprint density at radius 2 is 1.89 bits per heavy atom. The zero-order valence-electron chi connectivity index (χ0n) is 9.20. The standard InChI is InChI=1S/C13H8FNO2S/c14-8-3-1-7(2-4-8)11-5-9-10(16)6-12(17)15-13(9)18-11/h1-5H,6H2,(H,15,17). The fraction of sp³-hybridized carbons (Fsp3) is 0.0769. The maximum Gasteiger partial charge on any atom is 0.232 e. The lowest BCUT2D eigenvalue weighted by Crippen LogP contribution is -2.22. The third-order valence-corrected chi connectivity index (χ3v) is 3.83. The summed E-state index contributed by atoms with van der Waals surface area (Å²) in [7, 11) is 0. The van der Waals surface area contributed by atoms with Crippen LogP contribution in [0, 0.1) is 5.82 Å². The number of nitrogens with one attached hydrogen (secondary N) is 1. The Morgan fingerprint density at radius 1 is 1.17 bits per heavy atom. The number of hydrogen-bond acceptors (Lipinski definition) is 3. The van der Waals surface area contributed by atoms with Crippen LogP contribution in [0.4, 0.5) is 9.39 Å². The Hall–Kier alpha value is -2.01. The average molecular weight is 261 g/mol. The van der Waals surface area contributed by atoms with Gasteiger partial charge in [-0.3, -0.25) is 9.59 Å². The number of Topliss-reactive ketones (excluding diaryl/α,β-unsaturated/α-hetero) is 1. The van der Waals surface area contributed by atoms with Crippen molar-refractivity contribution in [3.63, 3.8) is 0 Å². The van der Waals surface area contributed by atoms with Gasteiger partial charge in [0.15, 0.2) is 5.78 Å². The molecule has 1 aliphatic rings. The van der Waals surface area contributed by atoms with Crippen LogP contribution >= 0.6 is 11.3 Å². The molecule has 90 valence electrons. The summed E-state index contributed by atoms with van der Waals surface area (Å²) < 4.78 is 12.8. The first kappa shape index (κ1) is 11.1. The number of amides is 1. The minimum absolute atomic E-state index is 0.105. The number of hydrogen-bond donors (Lipinski definition) is 1. The van der Waals surface area contributed by atoms with Crippen molar-refractivity contribution in [2.45, 2.75) is 6.42 Å². The molecule has 0 unspecified atom stereocenters. The van der Waals surface area contributed by atoms with Gasteiger partial charge in [-0.25, -0.2) is 4.39 Å². The quantitative estimate of drug-likeness (QED) is 0.802. The minimum atomic E-state index is -0.301. The number of rotatable bonds is 1. The third kappa shape index (κ3) is 1.82. The molecule has 0 spiro atoms. The van der Waals surface area contributed by atoms with Crippen molar-refractivity contribution in [2.24, 2.45) is 0 Å². The van der Waals surface area contributed by atoms with Crippen molar-refractivity contribution in [1.29, 1.82) is 0 Å². The van der Waals surface area contributed by atoms with E-state index in [0.29, 0.717) is 10.6 Å². The molecule has 5 heteroatoms. The Bertz CT molecular complexity index is 646. The Labute approximate surface area is 106 Å². The zero-order valence-corrected chi connectivity index (χ0v) is 10.0. The fourth-order valence-corrected chi connectivity index (χ4v) is 2.96. The van der Waals surface area contributed by atoms with E-state index in [2.05, 4.69) is 5.32 Å². The Balaban J connectivity index is 2.05. The van der Waals surface area contributed by atoms with Gasteiger partial charge in [-0.1, -0.05) is 12.1 Å². The van der Waals surface area contributed by atoms with Crippen molar-refractivity contribution in [3.8, 4) is 10.4 Å². The zero-order chi connectivity index (χ0) is 12.7. The van der Waals surface area contributed by atoms with Crippen LogP contribution in [0.3, 0.4) is 0 Å². The number of carbonyl (C=O) groups is 2. The molecular weight excluding hydrogens is 253 g/mol. The molecule has 1 aliphatic heterocycles. The molecular formula is C13H8FNO2S. The van der Waals surface area contributed by atoms with E-state index in [0.717, 1.165) is 10.4 Å². The maximum absolute atomic E-state index is 12.8. The maximum atomic E-state index is 12.8. The van der Waals surface area contributed by atoms with Crippen LogP contribution in [0.2, 0.25) is 0 Å². The van der Waals surface area contributed by atoms with Gasteiger partial charge in [-0.2, -0.15) is 0 Å². The topological polar surface area (TPSA) is 46.2 Å². The predicted molar refractivity (Wildman–Crippen MR) is 67.3 cm³/mol. The first-order valence-electron chi connectivity index (χ1n) is 5.36. The van der Waals surface area contributed by atoms with E-state index < -0.39 is 0 Å². The highest BCUT2D eigenvalue weighted by Gasteiger charge is 2.25. The van der Waals surface area contributed by atoms with Crippen molar-refractivity contribution < 1.29 is 14.0 Å². The summed E-state index contributed by atoms with van der Waals surface area (Å²) in [6.07, 6.45) is -0.105. The summed E-state index contributed by atoms with van der Waals surface area (Å²) in [4.78, 5) is 23.8. The van der Waals surface area contributed by atoms with E-state index in [1.165, 1.54) is 23.5 Å². The SMILES string of the molecule is O=C1CC(=O)c2cc(-c3ccc(F)cc3)sc2N1. The Kier molecular flexibility index (Phi) is 2.48. The van der Waals surface area contributed by atoms with Crippen LogP contribution in [0.15, 0.2) is 30.3 Å². The van der Waals surface area contributed by atoms with E-state index >= 15 is 0 Å². The third-order valence-electron chi connectivity index (χ3n) is 2.74. The van der Waals surface area contributed by atoms with Crippen molar-refractivity contribution in [2.75, 3.05) is 5.32 Å². The van der Waals surface area contributed by atoms with Gasteiger partial charge in [0.1, 0.15) is 10.8 Å². The highest BCUT2D eigenvalue weighted by molar-refractivity contribution is 7.20. The lowest BCUT2D eigenvalue weighted by atomic mass is 10.1. The summed E-state index contributed by atoms with van der Waals surface area (Å²) in [5, 5.41) is 3.26. The van der Waals surface area contributed by atoms with Crippen molar-refractivity contribution in [1.82, 2.24) is 0 Å². The summed E-state index contributed by atoms with van der Waals surface area (Å²) in [6, 6.07) is 7.79. The van der Waals surface area contributed by atoms with Gasteiger partial charge in [-0.15, -0.1) is 11.3 Å². The van der Waals surface area contributed by atoms with E-state index in [1.807, 2.05) is 0 Å². The molecule has 1 amide bonds. The number of thiophene rings is 1. The molecule has 3 rings (SSSR count). The largest absolute Gasteiger partial charge is 0.317 e. The van der Waals surface area contributed by atoms with Gasteiger partial charge in [0.05, 0.1) is 12.0 Å². The van der Waals surface area contributed by atoms with Crippen molar-refractivity contribution in [3.05, 3.63) is 41.7 Å². The highest BCUT2D eigenvalue weighted by atomic mass is 32.1. The molecule has 0 radical (unpaired) electrons. The average Bonchev–Trinajstić information content (AvgIpc) is 2.74. The van der Waals surface area contributed by atoms with Crippen LogP contribution in [0.25, 0.3) is 10.4 Å². The molecule has 0 saturated heterocycles. The number of anilines is 1. The second-order valence-electron chi connectivity index (χ2n) is 4.01. The predicted octanol–water partition coefficient (Wildman–Crippen LogP) is 3.08. The molecule has 0 aliphatic carbocycles. The Morgan fingerprint density at radius 3 is 2.61 bits per heavy atom. The highest BCUT2D eigenvalue weighted by Crippen LogP contribution is 2.37. The van der Waals surface area contributed by atoms with E-state index in [4.69, 9.17) is 0 Å². The molecule has 0 fully saturated rings. The van der Waals surface area contributed by atoms with Crippen LogP contribution < -0.4 is 5.32 Å². The number of ketones is 1. The summed E-state index contributed by atoms with van der Waals surface area (Å²) in [5.41, 5.74) is 1.37. The summed E-state index contributed by atoms with van der Waals surface area (Å²) >= 11 is 1.33. The summed E-state index contributed by atoms with van der Waals surface area (Å²) in [6.45, 7) is 0. The van der Waals surface area contributed by atoms with Crippen LogP contribution in [0.1, 0.15) is 16.8 Å². The van der Waals surface area contributed by atoms with Crippen LogP contribution in [-0.2, 0) is 4.79 Å². The second kappa shape index (κ2) is 4.03. The van der Waals surface area contributed by atoms with E-state index in [9.17, 15) is 14.0 Å². The lowest BCUT2D eigenvalue weighted by molar-refractivity contribution is -0.115. The molecule has 2 aromatic rings. The second-order valence-corrected chi connectivity index (χ2v) is 5.06. The first-order chi connectivity index (χ1) is 8.63. The lowest BCUT2D eigenvalue weighted by Gasteiger charge is -2.09. The smallest absolute Gasteiger partial charge is 0.232 e. The number of fused-ring (bicyclic) bond motifs is 1. The molecule has 2 heterocycles. The molecule has 3 nitrogen and oxygen atoms in total. The van der Waals surface area contributed by atoms with E-state index in [-0.39, 0.29) is 23.9 Å². The first-order valence-corrected chi connectivity index (χ1v) is 6.18. The fourth-order valence-electron chi connectivity index (χ4n) is 1.86. The van der Waals surface area contributed by atoms with E-state index in [1.54, 1.807) is 18.2 Å². The molecule has 0 bridgehead atoms. The molecule has 0 saturated carbocycles. The minimum Gasteiger partial charge on any atom is -0.317 e. The van der Waals surface area contributed by atoms with Gasteiger partial charge in [0.25, 0.3) is 0 Å². The van der Waals surface area contributed by atoms with Crippen LogP contribution in [-0.4, -0.2) is 11.7 Å². The molecule has 1 aromatic heterocycles. The monoisotopic (exact) mass is 261 g/mol. The van der Waals surface area contributed by atoms with Gasteiger partial charge in [0.2, 0.25) is 5.91 Å². The normalized spacial score (nSPS) is 14.3. The van der Waals surface area contributed by atoms with Gasteiger partial charge < -0.3 is 5.32 Å². The van der Waals surface area contributed by atoms with Gasteiger partial charge in [-0.05, 0) is 23.8 Å². The van der Waals surface area contributed by atoms with Gasteiger partial charge in [0, 0.05) is 4.88 Å². The number of benzene rings is 1. The molecule has 0 atom stereocenters. The van der Waals surface area contributed by atoms with Gasteiger partial charge >= 0.3 is 0 Å². The molecule has 1 N–H and O–H groups in total. The number of halogens is 1. The molecule has 18 heavy (non-hydrogen) atoms. The summed E-state index contributed by atoms with van der Waals surface area (Å²) in [5.74, 6) is -0.747.